The van der Waals surface area contributed by atoms with Crippen LogP contribution in [-0.4, -0.2) is 19.5 Å². The molecule has 0 aliphatic heterocycles. The number of para-hydroxylation sites is 3. The van der Waals surface area contributed by atoms with Crippen molar-refractivity contribution in [1.82, 2.24) is 19.5 Å². The van der Waals surface area contributed by atoms with Gasteiger partial charge in [0.25, 0.3) is 0 Å². The molecular formula is C45H26N4OS. The largest absolute Gasteiger partial charge is 0.454 e. The first kappa shape index (κ1) is 28.2. The Balaban J connectivity index is 1.12. The Labute approximate surface area is 295 Å². The Morgan fingerprint density at radius 3 is 1.88 bits per heavy atom. The highest BCUT2D eigenvalue weighted by molar-refractivity contribution is 7.25. The fourth-order valence-electron chi connectivity index (χ4n) is 7.58. The van der Waals surface area contributed by atoms with Crippen molar-refractivity contribution in [2.24, 2.45) is 0 Å². The Hall–Kier alpha value is -6.63. The molecule has 7 aromatic carbocycles. The van der Waals surface area contributed by atoms with Crippen LogP contribution in [0.5, 0.6) is 0 Å². The lowest BCUT2D eigenvalue weighted by atomic mass is 10.1. The fraction of sp³-hybridized carbons (Fsp3) is 0. The van der Waals surface area contributed by atoms with E-state index in [2.05, 4.69) is 132 Å². The maximum atomic E-state index is 6.80. The van der Waals surface area contributed by atoms with Gasteiger partial charge in [0.1, 0.15) is 5.58 Å². The van der Waals surface area contributed by atoms with Gasteiger partial charge in [-0.25, -0.2) is 15.0 Å². The van der Waals surface area contributed by atoms with E-state index in [4.69, 9.17) is 19.4 Å². The topological polar surface area (TPSA) is 56.7 Å². The van der Waals surface area contributed by atoms with E-state index in [1.165, 1.54) is 30.9 Å². The number of hydrogen-bond donors (Lipinski definition) is 0. The normalized spacial score (nSPS) is 11.9. The lowest BCUT2D eigenvalue weighted by Crippen LogP contribution is -2.00. The molecule has 238 valence electrons. The van der Waals surface area contributed by atoms with Crippen molar-refractivity contribution >= 4 is 75.3 Å². The lowest BCUT2D eigenvalue weighted by Gasteiger charge is -2.09. The van der Waals surface area contributed by atoms with Gasteiger partial charge in [-0.2, -0.15) is 0 Å². The van der Waals surface area contributed by atoms with Crippen LogP contribution in [0.3, 0.4) is 0 Å². The van der Waals surface area contributed by atoms with Crippen molar-refractivity contribution in [3.63, 3.8) is 0 Å². The predicted octanol–water partition coefficient (Wildman–Crippen LogP) is 12.2. The number of furan rings is 1. The van der Waals surface area contributed by atoms with Crippen molar-refractivity contribution in [3.05, 3.63) is 158 Å². The molecular weight excluding hydrogens is 645 g/mol. The van der Waals surface area contributed by atoms with Crippen molar-refractivity contribution in [2.45, 2.75) is 0 Å². The Morgan fingerprint density at radius 2 is 1.08 bits per heavy atom. The average Bonchev–Trinajstić information content (AvgIpc) is 3.87. The van der Waals surface area contributed by atoms with Gasteiger partial charge < -0.3 is 8.98 Å². The fourth-order valence-corrected chi connectivity index (χ4v) is 8.72. The molecule has 0 saturated carbocycles. The van der Waals surface area contributed by atoms with Gasteiger partial charge in [-0.05, 0) is 42.5 Å². The molecule has 11 aromatic rings. The van der Waals surface area contributed by atoms with E-state index in [1.807, 2.05) is 30.3 Å². The molecule has 4 aromatic heterocycles. The number of nitrogens with zero attached hydrogens (tertiary/aromatic N) is 4. The lowest BCUT2D eigenvalue weighted by molar-refractivity contribution is 0.666. The molecule has 4 heterocycles. The van der Waals surface area contributed by atoms with Crippen LogP contribution in [0.1, 0.15) is 0 Å². The summed E-state index contributed by atoms with van der Waals surface area (Å²) >= 11 is 1.79. The van der Waals surface area contributed by atoms with Gasteiger partial charge in [0, 0.05) is 58.4 Å². The highest BCUT2D eigenvalue weighted by Crippen LogP contribution is 2.41. The minimum absolute atomic E-state index is 0.598. The van der Waals surface area contributed by atoms with Crippen molar-refractivity contribution in [3.8, 4) is 39.9 Å². The summed E-state index contributed by atoms with van der Waals surface area (Å²) in [7, 11) is 0. The Bertz CT molecular complexity index is 3100. The van der Waals surface area contributed by atoms with Crippen LogP contribution >= 0.6 is 11.3 Å². The summed E-state index contributed by atoms with van der Waals surface area (Å²) in [5.41, 5.74) is 7.71. The summed E-state index contributed by atoms with van der Waals surface area (Å²) in [5, 5.41) is 6.92. The van der Waals surface area contributed by atoms with E-state index in [0.29, 0.717) is 17.5 Å². The number of rotatable bonds is 4. The molecule has 0 unspecified atom stereocenters. The third-order valence-electron chi connectivity index (χ3n) is 9.87. The quantitative estimate of drug-likeness (QED) is 0.187. The molecule has 0 aliphatic carbocycles. The van der Waals surface area contributed by atoms with Crippen LogP contribution in [0.2, 0.25) is 0 Å². The molecule has 0 saturated heterocycles. The zero-order valence-corrected chi connectivity index (χ0v) is 27.9. The molecule has 0 radical (unpaired) electrons. The number of fused-ring (bicyclic) bond motifs is 9. The van der Waals surface area contributed by atoms with Crippen LogP contribution in [0, 0.1) is 0 Å². The molecule has 0 aliphatic rings. The maximum Gasteiger partial charge on any atom is 0.164 e. The third kappa shape index (κ3) is 4.30. The molecule has 0 spiro atoms. The predicted molar refractivity (Wildman–Crippen MR) is 211 cm³/mol. The van der Waals surface area contributed by atoms with Gasteiger partial charge in [-0.15, -0.1) is 11.3 Å². The van der Waals surface area contributed by atoms with E-state index in [1.54, 1.807) is 11.3 Å². The number of aromatic nitrogens is 4. The van der Waals surface area contributed by atoms with Gasteiger partial charge in [0.05, 0.1) is 16.7 Å². The van der Waals surface area contributed by atoms with E-state index >= 15 is 0 Å². The summed E-state index contributed by atoms with van der Waals surface area (Å²) < 4.78 is 11.6. The highest BCUT2D eigenvalue weighted by atomic mass is 32.1. The van der Waals surface area contributed by atoms with Crippen LogP contribution < -0.4 is 0 Å². The first-order valence-corrected chi connectivity index (χ1v) is 17.8. The second kappa shape index (κ2) is 10.9. The smallest absolute Gasteiger partial charge is 0.164 e. The molecule has 0 fully saturated rings. The van der Waals surface area contributed by atoms with Gasteiger partial charge in [-0.1, -0.05) is 115 Å². The molecule has 11 rings (SSSR count). The van der Waals surface area contributed by atoms with Crippen LogP contribution in [0.15, 0.2) is 162 Å². The highest BCUT2D eigenvalue weighted by Gasteiger charge is 2.20. The zero-order valence-electron chi connectivity index (χ0n) is 27.1. The zero-order chi connectivity index (χ0) is 33.5. The molecule has 6 heteroatoms. The van der Waals surface area contributed by atoms with Crippen molar-refractivity contribution in [1.29, 1.82) is 0 Å². The number of benzene rings is 7. The summed E-state index contributed by atoms with van der Waals surface area (Å²) in [6.07, 6.45) is 0. The van der Waals surface area contributed by atoms with Crippen LogP contribution in [-0.2, 0) is 0 Å². The van der Waals surface area contributed by atoms with Crippen LogP contribution in [0.4, 0.5) is 0 Å². The second-order valence-corrected chi connectivity index (χ2v) is 13.9. The van der Waals surface area contributed by atoms with Gasteiger partial charge >= 0.3 is 0 Å². The van der Waals surface area contributed by atoms with Gasteiger partial charge in [0.2, 0.25) is 0 Å². The monoisotopic (exact) mass is 670 g/mol. The molecule has 0 bridgehead atoms. The summed E-state index contributed by atoms with van der Waals surface area (Å²) in [4.78, 5) is 15.3. The number of hydrogen-bond acceptors (Lipinski definition) is 5. The summed E-state index contributed by atoms with van der Waals surface area (Å²) in [5.74, 6) is 1.87. The van der Waals surface area contributed by atoms with E-state index < -0.39 is 0 Å². The molecule has 0 N–H and O–H groups in total. The molecule has 5 nitrogen and oxygen atoms in total. The van der Waals surface area contributed by atoms with E-state index in [9.17, 15) is 0 Å². The standard InChI is InChI=1S/C45H26N4OS/c1-2-12-27(13-3-1)43-46-44(48-45(47-43)34-18-11-23-40-41(34)33-16-6-9-22-39(33)51-40)28-24-25-31-32-17-10-21-37(42(32)50-38(31)26-28)49-35-19-7-4-14-29(35)30-15-5-8-20-36(30)49/h1-26H. The number of thiophene rings is 1. The first-order valence-electron chi connectivity index (χ1n) is 16.9. The summed E-state index contributed by atoms with van der Waals surface area (Å²) in [6, 6.07) is 54.8. The molecule has 51 heavy (non-hydrogen) atoms. The van der Waals surface area contributed by atoms with Crippen molar-refractivity contribution < 1.29 is 4.42 Å². The van der Waals surface area contributed by atoms with E-state index in [0.717, 1.165) is 55.3 Å². The van der Waals surface area contributed by atoms with E-state index in [-0.39, 0.29) is 0 Å². The maximum absolute atomic E-state index is 6.80. The Kier molecular flexibility index (Phi) is 6.05. The SMILES string of the molecule is c1ccc(-c2nc(-c3ccc4c(c3)oc3c(-n5c6ccccc6c6ccccc65)cccc34)nc(-c3cccc4sc5ccccc5c34)n2)cc1. The third-order valence-corrected chi connectivity index (χ3v) is 11.0. The second-order valence-electron chi connectivity index (χ2n) is 12.8. The van der Waals surface area contributed by atoms with Crippen LogP contribution in [0.25, 0.3) is 104 Å². The van der Waals surface area contributed by atoms with Gasteiger partial charge in [-0.3, -0.25) is 0 Å². The van der Waals surface area contributed by atoms with Crippen molar-refractivity contribution in [2.75, 3.05) is 0 Å². The average molecular weight is 671 g/mol. The first-order chi connectivity index (χ1) is 25.3. The summed E-state index contributed by atoms with van der Waals surface area (Å²) in [6.45, 7) is 0. The molecule has 0 atom stereocenters. The Morgan fingerprint density at radius 1 is 0.451 bits per heavy atom. The minimum atomic E-state index is 0.598. The minimum Gasteiger partial charge on any atom is -0.454 e. The van der Waals surface area contributed by atoms with Gasteiger partial charge in [0.15, 0.2) is 23.1 Å². The molecule has 0 amide bonds.